The van der Waals surface area contributed by atoms with E-state index in [1.165, 1.54) is 50.8 Å². The summed E-state index contributed by atoms with van der Waals surface area (Å²) >= 11 is 1.96. The molecule has 0 heterocycles. The smallest absolute Gasteiger partial charge is 0.0618 e. The van der Waals surface area contributed by atoms with Crippen LogP contribution >= 0.6 is 11.8 Å². The van der Waals surface area contributed by atoms with Crippen molar-refractivity contribution in [3.8, 4) is 0 Å². The molecule has 1 atom stereocenters. The molecule has 0 amide bonds. The van der Waals surface area contributed by atoms with Gasteiger partial charge >= 0.3 is 0 Å². The zero-order valence-electron chi connectivity index (χ0n) is 10.8. The summed E-state index contributed by atoms with van der Waals surface area (Å²) in [5, 5.41) is 3.64. The maximum Gasteiger partial charge on any atom is 0.0618 e. The minimum Gasteiger partial charge on any atom is -0.383 e. The second-order valence-corrected chi connectivity index (χ2v) is 5.75. The average Bonchev–Trinajstić information content (AvgIpc) is 3.10. The molecule has 1 aliphatic rings. The third-order valence-corrected chi connectivity index (χ3v) is 3.92. The predicted molar refractivity (Wildman–Crippen MR) is 73.2 cm³/mol. The van der Waals surface area contributed by atoms with Gasteiger partial charge in [-0.2, -0.15) is 11.8 Å². The van der Waals surface area contributed by atoms with Gasteiger partial charge in [0.05, 0.1) is 6.61 Å². The summed E-state index contributed by atoms with van der Waals surface area (Å²) < 4.78 is 5.25. The van der Waals surface area contributed by atoms with E-state index in [1.807, 2.05) is 11.8 Å². The molecule has 0 saturated heterocycles. The second-order valence-electron chi connectivity index (χ2n) is 4.76. The Morgan fingerprint density at radius 3 is 2.62 bits per heavy atom. The van der Waals surface area contributed by atoms with Gasteiger partial charge in [0.1, 0.15) is 0 Å². The fourth-order valence-corrected chi connectivity index (χ4v) is 2.55. The van der Waals surface area contributed by atoms with E-state index in [-0.39, 0.29) is 0 Å². The normalized spacial score (nSPS) is 17.6. The van der Waals surface area contributed by atoms with Gasteiger partial charge in [0.15, 0.2) is 0 Å². The first-order valence-electron chi connectivity index (χ1n) is 6.59. The molecule has 0 bridgehead atoms. The van der Waals surface area contributed by atoms with Gasteiger partial charge in [-0.05, 0) is 50.2 Å². The van der Waals surface area contributed by atoms with Crippen LogP contribution in [0.5, 0.6) is 0 Å². The van der Waals surface area contributed by atoms with E-state index in [0.29, 0.717) is 6.04 Å². The number of ether oxygens (including phenoxy) is 1. The Morgan fingerprint density at radius 1 is 1.25 bits per heavy atom. The highest BCUT2D eigenvalue weighted by molar-refractivity contribution is 7.98. The number of methoxy groups -OCH3 is 1. The Labute approximate surface area is 105 Å². The van der Waals surface area contributed by atoms with Gasteiger partial charge in [0.2, 0.25) is 0 Å². The summed E-state index contributed by atoms with van der Waals surface area (Å²) in [7, 11) is 1.81. The van der Waals surface area contributed by atoms with Crippen LogP contribution in [0.4, 0.5) is 0 Å². The number of unbranched alkanes of at least 4 members (excludes halogenated alkanes) is 3. The first kappa shape index (κ1) is 14.3. The fraction of sp³-hybridized carbons (Fsp3) is 1.00. The number of nitrogens with one attached hydrogen (secondary N) is 1. The van der Waals surface area contributed by atoms with Gasteiger partial charge in [-0.15, -0.1) is 0 Å². The zero-order valence-corrected chi connectivity index (χ0v) is 11.7. The zero-order chi connectivity index (χ0) is 11.6. The van der Waals surface area contributed by atoms with Crippen LogP contribution in [0.2, 0.25) is 0 Å². The minimum absolute atomic E-state index is 0.621. The molecule has 0 aromatic carbocycles. The molecule has 1 aliphatic carbocycles. The monoisotopic (exact) mass is 245 g/mol. The standard InChI is InChI=1S/C13H27NOS/c1-15-11-13(12-7-8-12)14-9-5-3-4-6-10-16-2/h12-14H,3-11H2,1-2H3. The van der Waals surface area contributed by atoms with Crippen molar-refractivity contribution >= 4 is 11.8 Å². The van der Waals surface area contributed by atoms with Crippen molar-refractivity contribution in [2.24, 2.45) is 5.92 Å². The molecule has 0 radical (unpaired) electrons. The second kappa shape index (κ2) is 9.32. The lowest BCUT2D eigenvalue weighted by molar-refractivity contribution is 0.157. The summed E-state index contributed by atoms with van der Waals surface area (Å²) in [5.74, 6) is 2.22. The third kappa shape index (κ3) is 6.77. The summed E-state index contributed by atoms with van der Waals surface area (Å²) in [5.41, 5.74) is 0. The maximum atomic E-state index is 5.25. The van der Waals surface area contributed by atoms with Crippen LogP contribution in [0.15, 0.2) is 0 Å². The molecule has 96 valence electrons. The third-order valence-electron chi connectivity index (χ3n) is 3.22. The molecule has 16 heavy (non-hydrogen) atoms. The summed E-state index contributed by atoms with van der Waals surface area (Å²) in [6.07, 6.45) is 10.4. The lowest BCUT2D eigenvalue weighted by atomic mass is 10.1. The van der Waals surface area contributed by atoms with Crippen LogP contribution in [0, 0.1) is 5.92 Å². The molecule has 0 aromatic rings. The highest BCUT2D eigenvalue weighted by atomic mass is 32.2. The molecule has 1 rings (SSSR count). The lowest BCUT2D eigenvalue weighted by Crippen LogP contribution is -2.35. The van der Waals surface area contributed by atoms with E-state index in [1.54, 1.807) is 7.11 Å². The molecule has 1 fully saturated rings. The SMILES string of the molecule is COCC(NCCCCCCSC)C1CC1. The molecule has 1 unspecified atom stereocenters. The molecule has 1 N–H and O–H groups in total. The van der Waals surface area contributed by atoms with Crippen LogP contribution in [0.25, 0.3) is 0 Å². The van der Waals surface area contributed by atoms with E-state index < -0.39 is 0 Å². The van der Waals surface area contributed by atoms with Gasteiger partial charge in [0, 0.05) is 13.2 Å². The topological polar surface area (TPSA) is 21.3 Å². The Hall–Kier alpha value is 0.270. The minimum atomic E-state index is 0.621. The first-order valence-corrected chi connectivity index (χ1v) is 7.99. The maximum absolute atomic E-state index is 5.25. The first-order chi connectivity index (χ1) is 7.88. The Balaban J connectivity index is 1.88. The molecule has 1 saturated carbocycles. The molecule has 0 spiro atoms. The molecular formula is C13H27NOS. The largest absolute Gasteiger partial charge is 0.383 e. The Morgan fingerprint density at radius 2 is 2.00 bits per heavy atom. The van der Waals surface area contributed by atoms with Crippen LogP contribution in [-0.2, 0) is 4.74 Å². The van der Waals surface area contributed by atoms with Crippen molar-refractivity contribution in [3.63, 3.8) is 0 Å². The van der Waals surface area contributed by atoms with Crippen molar-refractivity contribution in [3.05, 3.63) is 0 Å². The number of hydrogen-bond donors (Lipinski definition) is 1. The van der Waals surface area contributed by atoms with E-state index in [4.69, 9.17) is 4.74 Å². The molecule has 2 nitrogen and oxygen atoms in total. The number of thioether (sulfide) groups is 1. The lowest BCUT2D eigenvalue weighted by Gasteiger charge is -2.17. The number of rotatable bonds is 11. The molecule has 0 aromatic heterocycles. The summed E-state index contributed by atoms with van der Waals surface area (Å²) in [4.78, 5) is 0. The van der Waals surface area contributed by atoms with Crippen LogP contribution in [-0.4, -0.2) is 38.3 Å². The van der Waals surface area contributed by atoms with Crippen molar-refractivity contribution in [1.82, 2.24) is 5.32 Å². The Kier molecular flexibility index (Phi) is 8.34. The van der Waals surface area contributed by atoms with Crippen LogP contribution < -0.4 is 5.32 Å². The molecule has 0 aliphatic heterocycles. The fourth-order valence-electron chi connectivity index (χ4n) is 2.05. The van der Waals surface area contributed by atoms with Crippen molar-refractivity contribution in [2.45, 2.75) is 44.6 Å². The van der Waals surface area contributed by atoms with Crippen molar-refractivity contribution in [1.29, 1.82) is 0 Å². The predicted octanol–water partition coefficient (Wildman–Crippen LogP) is 2.92. The van der Waals surface area contributed by atoms with Crippen molar-refractivity contribution in [2.75, 3.05) is 32.3 Å². The highest BCUT2D eigenvalue weighted by Crippen LogP contribution is 2.32. The van der Waals surface area contributed by atoms with Gasteiger partial charge < -0.3 is 10.1 Å². The van der Waals surface area contributed by atoms with Gasteiger partial charge in [-0.3, -0.25) is 0 Å². The van der Waals surface area contributed by atoms with E-state index >= 15 is 0 Å². The summed E-state index contributed by atoms with van der Waals surface area (Å²) in [6, 6.07) is 0.621. The van der Waals surface area contributed by atoms with E-state index in [0.717, 1.165) is 12.5 Å². The van der Waals surface area contributed by atoms with Gasteiger partial charge in [-0.1, -0.05) is 12.8 Å². The highest BCUT2D eigenvalue weighted by Gasteiger charge is 2.30. The molecular weight excluding hydrogens is 218 g/mol. The van der Waals surface area contributed by atoms with Crippen molar-refractivity contribution < 1.29 is 4.74 Å². The number of hydrogen-bond acceptors (Lipinski definition) is 3. The van der Waals surface area contributed by atoms with Crippen LogP contribution in [0.1, 0.15) is 38.5 Å². The van der Waals surface area contributed by atoms with E-state index in [9.17, 15) is 0 Å². The molecule has 3 heteroatoms. The van der Waals surface area contributed by atoms with Gasteiger partial charge in [-0.25, -0.2) is 0 Å². The summed E-state index contributed by atoms with van der Waals surface area (Å²) in [6.45, 7) is 2.06. The van der Waals surface area contributed by atoms with E-state index in [2.05, 4.69) is 11.6 Å². The van der Waals surface area contributed by atoms with Gasteiger partial charge in [0.25, 0.3) is 0 Å². The quantitative estimate of drug-likeness (QED) is 0.566. The Bertz CT molecular complexity index is 162. The average molecular weight is 245 g/mol. The van der Waals surface area contributed by atoms with Crippen LogP contribution in [0.3, 0.4) is 0 Å².